The Bertz CT molecular complexity index is 621. The highest BCUT2D eigenvalue weighted by atomic mass is 16.5. The number of aryl methyl sites for hydroxylation is 1. The van der Waals surface area contributed by atoms with E-state index in [1.165, 1.54) is 28.8 Å². The summed E-state index contributed by atoms with van der Waals surface area (Å²) in [5, 5.41) is 3.66. The fraction of sp³-hybridized carbons (Fsp3) is 0.368. The van der Waals surface area contributed by atoms with Crippen molar-refractivity contribution in [3.8, 4) is 5.75 Å². The highest BCUT2D eigenvalue weighted by Crippen LogP contribution is 2.30. The van der Waals surface area contributed by atoms with E-state index in [0.717, 1.165) is 25.2 Å². The highest BCUT2D eigenvalue weighted by Gasteiger charge is 2.15. The molecule has 21 heavy (non-hydrogen) atoms. The van der Waals surface area contributed by atoms with E-state index in [1.54, 1.807) is 0 Å². The smallest absolute Gasteiger partial charge is 0.122 e. The lowest BCUT2D eigenvalue weighted by Gasteiger charge is -2.19. The summed E-state index contributed by atoms with van der Waals surface area (Å²) in [5.41, 5.74) is 5.31. The van der Waals surface area contributed by atoms with Crippen molar-refractivity contribution in [2.24, 2.45) is 0 Å². The summed E-state index contributed by atoms with van der Waals surface area (Å²) >= 11 is 0. The lowest BCUT2D eigenvalue weighted by Crippen LogP contribution is -2.08. The number of para-hydroxylation sites is 1. The molecule has 0 amide bonds. The van der Waals surface area contributed by atoms with Crippen LogP contribution in [0, 0.1) is 0 Å². The Morgan fingerprint density at radius 2 is 2.05 bits per heavy atom. The maximum atomic E-state index is 5.58. The average molecular weight is 281 g/mol. The lowest BCUT2D eigenvalue weighted by molar-refractivity contribution is 0.357. The van der Waals surface area contributed by atoms with Crippen molar-refractivity contribution >= 4 is 5.69 Å². The van der Waals surface area contributed by atoms with Crippen LogP contribution in [-0.2, 0) is 12.8 Å². The summed E-state index contributed by atoms with van der Waals surface area (Å²) in [7, 11) is 0. The van der Waals surface area contributed by atoms with Crippen molar-refractivity contribution in [2.75, 3.05) is 11.9 Å². The summed E-state index contributed by atoms with van der Waals surface area (Å²) in [5.74, 6) is 1.05. The Morgan fingerprint density at radius 3 is 2.90 bits per heavy atom. The second kappa shape index (κ2) is 6.21. The van der Waals surface area contributed by atoms with Gasteiger partial charge in [-0.15, -0.1) is 0 Å². The fourth-order valence-electron chi connectivity index (χ4n) is 2.94. The third-order valence-electron chi connectivity index (χ3n) is 4.12. The van der Waals surface area contributed by atoms with Gasteiger partial charge in [-0.2, -0.15) is 0 Å². The van der Waals surface area contributed by atoms with E-state index in [4.69, 9.17) is 4.74 Å². The Balaban J connectivity index is 1.78. The molecule has 1 heterocycles. The quantitative estimate of drug-likeness (QED) is 0.854. The summed E-state index contributed by atoms with van der Waals surface area (Å²) < 4.78 is 5.58. The molecule has 2 aromatic rings. The van der Waals surface area contributed by atoms with Crippen LogP contribution < -0.4 is 10.1 Å². The van der Waals surface area contributed by atoms with Crippen LogP contribution in [0.4, 0.5) is 5.69 Å². The van der Waals surface area contributed by atoms with Gasteiger partial charge in [0.25, 0.3) is 0 Å². The van der Waals surface area contributed by atoms with Crippen LogP contribution in [0.5, 0.6) is 5.75 Å². The van der Waals surface area contributed by atoms with E-state index in [-0.39, 0.29) is 0 Å². The lowest BCUT2D eigenvalue weighted by atomic mass is 10.0. The van der Waals surface area contributed by atoms with Gasteiger partial charge in [0.15, 0.2) is 0 Å². The normalized spacial score (nSPS) is 14.4. The summed E-state index contributed by atoms with van der Waals surface area (Å²) in [6.07, 6.45) is 3.32. The predicted octanol–water partition coefficient (Wildman–Crippen LogP) is 4.75. The number of fused-ring (bicyclic) bond motifs is 1. The van der Waals surface area contributed by atoms with Crippen LogP contribution in [0.3, 0.4) is 0 Å². The SMILES string of the molecule is CCCc1ccccc1NC(C)c1ccc2c(c1)CCO2. The Hall–Kier alpha value is -1.96. The molecule has 110 valence electrons. The predicted molar refractivity (Wildman–Crippen MR) is 88.1 cm³/mol. The van der Waals surface area contributed by atoms with E-state index in [2.05, 4.69) is 61.6 Å². The van der Waals surface area contributed by atoms with E-state index in [9.17, 15) is 0 Å². The summed E-state index contributed by atoms with van der Waals surface area (Å²) in [6.45, 7) is 5.26. The molecule has 3 rings (SSSR count). The van der Waals surface area contributed by atoms with Gasteiger partial charge in [-0.05, 0) is 48.2 Å². The average Bonchev–Trinajstić information content (AvgIpc) is 2.97. The van der Waals surface area contributed by atoms with Gasteiger partial charge in [-0.25, -0.2) is 0 Å². The van der Waals surface area contributed by atoms with Crippen molar-refractivity contribution in [1.82, 2.24) is 0 Å². The first kappa shape index (κ1) is 14.0. The third kappa shape index (κ3) is 3.05. The molecular weight excluding hydrogens is 258 g/mol. The number of benzene rings is 2. The Kier molecular flexibility index (Phi) is 4.14. The Morgan fingerprint density at radius 1 is 1.19 bits per heavy atom. The molecule has 1 N–H and O–H groups in total. The monoisotopic (exact) mass is 281 g/mol. The first-order valence-corrected chi connectivity index (χ1v) is 7.88. The number of nitrogens with one attached hydrogen (secondary N) is 1. The van der Waals surface area contributed by atoms with Crippen LogP contribution >= 0.6 is 0 Å². The molecule has 0 saturated carbocycles. The minimum Gasteiger partial charge on any atom is -0.493 e. The number of hydrogen-bond acceptors (Lipinski definition) is 2. The largest absolute Gasteiger partial charge is 0.493 e. The van der Waals surface area contributed by atoms with E-state index < -0.39 is 0 Å². The first-order valence-electron chi connectivity index (χ1n) is 7.88. The Labute approximate surface area is 127 Å². The number of anilines is 1. The number of ether oxygens (including phenoxy) is 1. The van der Waals surface area contributed by atoms with Gasteiger partial charge < -0.3 is 10.1 Å². The molecule has 2 aromatic carbocycles. The second-order valence-electron chi connectivity index (χ2n) is 5.74. The van der Waals surface area contributed by atoms with Gasteiger partial charge in [-0.3, -0.25) is 0 Å². The molecule has 0 spiro atoms. The molecule has 1 atom stereocenters. The van der Waals surface area contributed by atoms with Crippen molar-refractivity contribution in [1.29, 1.82) is 0 Å². The maximum absolute atomic E-state index is 5.58. The van der Waals surface area contributed by atoms with Crippen LogP contribution in [0.25, 0.3) is 0 Å². The highest BCUT2D eigenvalue weighted by molar-refractivity contribution is 5.53. The van der Waals surface area contributed by atoms with Gasteiger partial charge in [0, 0.05) is 18.2 Å². The molecule has 0 bridgehead atoms. The number of rotatable bonds is 5. The fourth-order valence-corrected chi connectivity index (χ4v) is 2.94. The van der Waals surface area contributed by atoms with E-state index in [0.29, 0.717) is 6.04 Å². The van der Waals surface area contributed by atoms with Crippen molar-refractivity contribution in [2.45, 2.75) is 39.2 Å². The van der Waals surface area contributed by atoms with Crippen LogP contribution in [0.1, 0.15) is 43.0 Å². The molecule has 1 aliphatic rings. The molecule has 0 saturated heterocycles. The molecule has 2 heteroatoms. The van der Waals surface area contributed by atoms with Gasteiger partial charge in [0.2, 0.25) is 0 Å². The van der Waals surface area contributed by atoms with Gasteiger partial charge in [0.1, 0.15) is 5.75 Å². The topological polar surface area (TPSA) is 21.3 Å². The zero-order chi connectivity index (χ0) is 14.7. The van der Waals surface area contributed by atoms with Crippen LogP contribution in [0.15, 0.2) is 42.5 Å². The van der Waals surface area contributed by atoms with Crippen LogP contribution in [0.2, 0.25) is 0 Å². The molecule has 0 fully saturated rings. The minimum atomic E-state index is 0.300. The van der Waals surface area contributed by atoms with E-state index in [1.807, 2.05) is 0 Å². The number of hydrogen-bond donors (Lipinski definition) is 1. The molecular formula is C19H23NO. The third-order valence-corrected chi connectivity index (χ3v) is 4.12. The van der Waals surface area contributed by atoms with Gasteiger partial charge in [-0.1, -0.05) is 37.6 Å². The molecule has 2 nitrogen and oxygen atoms in total. The zero-order valence-electron chi connectivity index (χ0n) is 12.9. The van der Waals surface area contributed by atoms with Crippen molar-refractivity contribution < 1.29 is 4.74 Å². The minimum absolute atomic E-state index is 0.300. The van der Waals surface area contributed by atoms with Crippen molar-refractivity contribution in [3.05, 3.63) is 59.2 Å². The standard InChI is InChI=1S/C19H23NO/c1-3-6-15-7-4-5-8-18(15)20-14(2)16-9-10-19-17(13-16)11-12-21-19/h4-5,7-10,13-14,20H,3,6,11-12H2,1-2H3. The summed E-state index contributed by atoms with van der Waals surface area (Å²) in [4.78, 5) is 0. The van der Waals surface area contributed by atoms with Gasteiger partial charge in [0.05, 0.1) is 6.61 Å². The maximum Gasteiger partial charge on any atom is 0.122 e. The molecule has 0 aliphatic carbocycles. The zero-order valence-corrected chi connectivity index (χ0v) is 12.9. The summed E-state index contributed by atoms with van der Waals surface area (Å²) in [6, 6.07) is 15.5. The van der Waals surface area contributed by atoms with Crippen LogP contribution in [-0.4, -0.2) is 6.61 Å². The molecule has 0 radical (unpaired) electrons. The molecule has 1 unspecified atom stereocenters. The molecule has 1 aliphatic heterocycles. The second-order valence-corrected chi connectivity index (χ2v) is 5.74. The van der Waals surface area contributed by atoms with Crippen molar-refractivity contribution in [3.63, 3.8) is 0 Å². The van der Waals surface area contributed by atoms with E-state index >= 15 is 0 Å². The van der Waals surface area contributed by atoms with Gasteiger partial charge >= 0.3 is 0 Å². The molecule has 0 aromatic heterocycles. The first-order chi connectivity index (χ1) is 10.3.